The Morgan fingerprint density at radius 3 is 2.45 bits per heavy atom. The van der Waals surface area contributed by atoms with E-state index in [9.17, 15) is 4.79 Å². The number of carbonyl (C=O) groups excluding carboxylic acids is 1. The van der Waals surface area contributed by atoms with Crippen LogP contribution >= 0.6 is 12.4 Å². The van der Waals surface area contributed by atoms with Gasteiger partial charge in [0.15, 0.2) is 0 Å². The van der Waals surface area contributed by atoms with Crippen LogP contribution in [0.25, 0.3) is 0 Å². The molecule has 22 heavy (non-hydrogen) atoms. The molecule has 1 aliphatic heterocycles. The first kappa shape index (κ1) is 17.2. The molecule has 1 saturated carbocycles. The fraction of sp³-hybridized carbons (Fsp3) is 0.800. The molecule has 2 heterocycles. The number of carbonyl (C=O) groups is 1. The quantitative estimate of drug-likeness (QED) is 0.913. The van der Waals surface area contributed by atoms with E-state index in [1.807, 2.05) is 25.1 Å². The Hall–Kier alpha value is -1.14. The maximum atomic E-state index is 12.3. The Balaban J connectivity index is 0.00000176. The van der Waals surface area contributed by atoms with Crippen molar-refractivity contribution in [2.45, 2.75) is 57.5 Å². The summed E-state index contributed by atoms with van der Waals surface area (Å²) in [5, 5.41) is 8.40. The minimum Gasteiger partial charge on any atom is -0.341 e. The van der Waals surface area contributed by atoms with E-state index >= 15 is 0 Å². The Bertz CT molecular complexity index is 506. The Kier molecular flexibility index (Phi) is 5.45. The summed E-state index contributed by atoms with van der Waals surface area (Å²) in [7, 11) is 0. The second-order valence-electron chi connectivity index (χ2n) is 6.70. The molecule has 1 aromatic heterocycles. The lowest BCUT2D eigenvalue weighted by Crippen LogP contribution is -2.49. The molecule has 1 atom stereocenters. The number of likely N-dealkylation sites (tertiary alicyclic amines) is 1. The molecular weight excluding hydrogens is 302 g/mol. The Morgan fingerprint density at radius 2 is 1.91 bits per heavy atom. The van der Waals surface area contributed by atoms with Crippen molar-refractivity contribution in [3.63, 3.8) is 0 Å². The number of halogens is 1. The summed E-state index contributed by atoms with van der Waals surface area (Å²) in [6.45, 7) is 5.55. The van der Waals surface area contributed by atoms with E-state index in [1.165, 1.54) is 12.8 Å². The summed E-state index contributed by atoms with van der Waals surface area (Å²) in [5.41, 5.74) is 5.97. The van der Waals surface area contributed by atoms with Crippen LogP contribution in [-0.4, -0.2) is 44.7 Å². The predicted molar refractivity (Wildman–Crippen MR) is 86.9 cm³/mol. The first-order valence-electron chi connectivity index (χ1n) is 8.01. The van der Waals surface area contributed by atoms with Crippen molar-refractivity contribution in [2.24, 2.45) is 11.7 Å². The number of piperidine rings is 1. The van der Waals surface area contributed by atoms with Crippen LogP contribution in [0, 0.1) is 5.92 Å². The maximum absolute atomic E-state index is 12.3. The number of nitrogens with zero attached hydrogens (tertiary/aromatic N) is 4. The highest BCUT2D eigenvalue weighted by Crippen LogP contribution is 2.38. The number of amides is 1. The third-order valence-corrected chi connectivity index (χ3v) is 4.72. The molecular formula is C15H26ClN5O. The van der Waals surface area contributed by atoms with Gasteiger partial charge < -0.3 is 15.2 Å². The van der Waals surface area contributed by atoms with E-state index < -0.39 is 0 Å². The van der Waals surface area contributed by atoms with Gasteiger partial charge in [0.05, 0.1) is 6.04 Å². The summed E-state index contributed by atoms with van der Waals surface area (Å²) >= 11 is 0. The largest absolute Gasteiger partial charge is 0.341 e. The van der Waals surface area contributed by atoms with Gasteiger partial charge >= 0.3 is 0 Å². The SMILES string of the molecule is CC(C)[C@H](N)C(=O)N1CCC(c2nncn2C2CC2)CC1.Cl. The molecule has 124 valence electrons. The number of aromatic nitrogens is 3. The van der Waals surface area contributed by atoms with E-state index in [2.05, 4.69) is 14.8 Å². The van der Waals surface area contributed by atoms with E-state index in [0.717, 1.165) is 31.8 Å². The Labute approximate surface area is 137 Å². The average Bonchev–Trinajstić information content (AvgIpc) is 3.23. The molecule has 1 amide bonds. The summed E-state index contributed by atoms with van der Waals surface area (Å²) < 4.78 is 2.24. The molecule has 0 bridgehead atoms. The van der Waals surface area contributed by atoms with Crippen LogP contribution in [0.4, 0.5) is 0 Å². The third-order valence-electron chi connectivity index (χ3n) is 4.72. The smallest absolute Gasteiger partial charge is 0.239 e. The molecule has 6 nitrogen and oxygen atoms in total. The molecule has 0 spiro atoms. The van der Waals surface area contributed by atoms with Crippen LogP contribution in [-0.2, 0) is 4.79 Å². The zero-order valence-electron chi connectivity index (χ0n) is 13.3. The van der Waals surface area contributed by atoms with Crippen LogP contribution in [0.5, 0.6) is 0 Å². The standard InChI is InChI=1S/C15H25N5O.ClH/c1-10(2)13(16)15(21)19-7-5-11(6-8-19)14-18-17-9-20(14)12-3-4-12;/h9-13H,3-8,16H2,1-2H3;1H/t13-;/m0./s1. The number of rotatable bonds is 4. The lowest BCUT2D eigenvalue weighted by Gasteiger charge is -2.34. The van der Waals surface area contributed by atoms with Crippen molar-refractivity contribution in [1.82, 2.24) is 19.7 Å². The fourth-order valence-corrected chi connectivity index (χ4v) is 3.03. The molecule has 0 aromatic carbocycles. The third kappa shape index (κ3) is 3.43. The van der Waals surface area contributed by atoms with Gasteiger partial charge in [-0.2, -0.15) is 0 Å². The van der Waals surface area contributed by atoms with E-state index in [0.29, 0.717) is 12.0 Å². The molecule has 2 N–H and O–H groups in total. The van der Waals surface area contributed by atoms with Crippen molar-refractivity contribution in [3.8, 4) is 0 Å². The van der Waals surface area contributed by atoms with Crippen molar-refractivity contribution in [3.05, 3.63) is 12.2 Å². The minimum atomic E-state index is -0.378. The molecule has 0 radical (unpaired) electrons. The van der Waals surface area contributed by atoms with E-state index in [-0.39, 0.29) is 30.3 Å². The van der Waals surface area contributed by atoms with Crippen LogP contribution in [0.1, 0.15) is 57.3 Å². The topological polar surface area (TPSA) is 77.0 Å². The van der Waals surface area contributed by atoms with Crippen molar-refractivity contribution in [1.29, 1.82) is 0 Å². The highest BCUT2D eigenvalue weighted by Gasteiger charge is 2.33. The zero-order valence-corrected chi connectivity index (χ0v) is 14.1. The molecule has 1 aromatic rings. The van der Waals surface area contributed by atoms with Crippen molar-refractivity contribution in [2.75, 3.05) is 13.1 Å². The highest BCUT2D eigenvalue weighted by atomic mass is 35.5. The second kappa shape index (κ2) is 6.96. The Morgan fingerprint density at radius 1 is 1.27 bits per heavy atom. The van der Waals surface area contributed by atoms with Gasteiger partial charge in [-0.15, -0.1) is 22.6 Å². The maximum Gasteiger partial charge on any atom is 0.239 e. The molecule has 1 saturated heterocycles. The van der Waals surface area contributed by atoms with Crippen molar-refractivity contribution >= 4 is 18.3 Å². The van der Waals surface area contributed by atoms with Gasteiger partial charge in [0.25, 0.3) is 0 Å². The molecule has 2 fully saturated rings. The summed E-state index contributed by atoms with van der Waals surface area (Å²) in [5.74, 6) is 1.81. The molecule has 3 rings (SSSR count). The monoisotopic (exact) mass is 327 g/mol. The van der Waals surface area contributed by atoms with Gasteiger partial charge in [0.1, 0.15) is 12.2 Å². The summed E-state index contributed by atoms with van der Waals surface area (Å²) in [6.07, 6.45) is 6.26. The van der Waals surface area contributed by atoms with Gasteiger partial charge in [-0.05, 0) is 31.6 Å². The number of hydrogen-bond donors (Lipinski definition) is 1. The van der Waals surface area contributed by atoms with Gasteiger partial charge in [0.2, 0.25) is 5.91 Å². The predicted octanol–water partition coefficient (Wildman–Crippen LogP) is 1.72. The first-order valence-corrected chi connectivity index (χ1v) is 8.01. The number of nitrogens with two attached hydrogens (primary N) is 1. The second-order valence-corrected chi connectivity index (χ2v) is 6.70. The number of hydrogen-bond acceptors (Lipinski definition) is 4. The summed E-state index contributed by atoms with van der Waals surface area (Å²) in [6, 6.07) is 0.237. The zero-order chi connectivity index (χ0) is 15.0. The lowest BCUT2D eigenvalue weighted by molar-refractivity contribution is -0.134. The van der Waals surface area contributed by atoms with Crippen LogP contribution in [0.15, 0.2) is 6.33 Å². The lowest BCUT2D eigenvalue weighted by atomic mass is 9.94. The molecule has 1 aliphatic carbocycles. The normalized spacial score (nSPS) is 20.8. The van der Waals surface area contributed by atoms with Crippen LogP contribution < -0.4 is 5.73 Å². The molecule has 2 aliphatic rings. The molecule has 0 unspecified atom stereocenters. The highest BCUT2D eigenvalue weighted by molar-refractivity contribution is 5.85. The van der Waals surface area contributed by atoms with E-state index in [1.54, 1.807) is 0 Å². The first-order chi connectivity index (χ1) is 10.1. The van der Waals surface area contributed by atoms with Gasteiger partial charge in [-0.25, -0.2) is 0 Å². The van der Waals surface area contributed by atoms with Gasteiger partial charge in [-0.1, -0.05) is 13.8 Å². The fourth-order valence-electron chi connectivity index (χ4n) is 3.03. The van der Waals surface area contributed by atoms with Crippen molar-refractivity contribution < 1.29 is 4.79 Å². The summed E-state index contributed by atoms with van der Waals surface area (Å²) in [4.78, 5) is 14.2. The minimum absolute atomic E-state index is 0. The van der Waals surface area contributed by atoms with Crippen LogP contribution in [0.3, 0.4) is 0 Å². The van der Waals surface area contributed by atoms with Gasteiger partial charge in [0, 0.05) is 25.0 Å². The van der Waals surface area contributed by atoms with E-state index in [4.69, 9.17) is 5.73 Å². The van der Waals surface area contributed by atoms with Crippen LogP contribution in [0.2, 0.25) is 0 Å². The average molecular weight is 328 g/mol. The molecule has 7 heteroatoms. The van der Waals surface area contributed by atoms with Gasteiger partial charge in [-0.3, -0.25) is 4.79 Å².